The summed E-state index contributed by atoms with van der Waals surface area (Å²) in [5.74, 6) is 3.06. The highest BCUT2D eigenvalue weighted by Crippen LogP contribution is 2.28. The first-order chi connectivity index (χ1) is 15.6. The van der Waals surface area contributed by atoms with Gasteiger partial charge in [0.25, 0.3) is 0 Å². The van der Waals surface area contributed by atoms with Gasteiger partial charge in [0.15, 0.2) is 5.65 Å². The van der Waals surface area contributed by atoms with Crippen LogP contribution in [-0.4, -0.2) is 36.6 Å². The number of benzene rings is 1. The molecule has 0 bridgehead atoms. The van der Waals surface area contributed by atoms with Gasteiger partial charge in [-0.2, -0.15) is 4.98 Å². The number of hydrogen-bond donors (Lipinski definition) is 0. The number of rotatable bonds is 6. The van der Waals surface area contributed by atoms with Gasteiger partial charge in [0, 0.05) is 34.5 Å². The maximum absolute atomic E-state index is 5.27. The highest BCUT2D eigenvalue weighted by molar-refractivity contribution is 7.98. The molecule has 8 heteroatoms. The Labute approximate surface area is 189 Å². The second-order valence-corrected chi connectivity index (χ2v) is 8.52. The molecule has 32 heavy (non-hydrogen) atoms. The first-order valence-electron chi connectivity index (χ1n) is 10.3. The van der Waals surface area contributed by atoms with Gasteiger partial charge in [0.1, 0.15) is 17.2 Å². The van der Waals surface area contributed by atoms with Crippen LogP contribution in [-0.2, 0) is 12.3 Å². The van der Waals surface area contributed by atoms with E-state index in [1.807, 2.05) is 44.4 Å². The first kappa shape index (κ1) is 20.4. The molecule has 4 heterocycles. The lowest BCUT2D eigenvalue weighted by molar-refractivity contribution is 0.399. The van der Waals surface area contributed by atoms with Gasteiger partial charge < -0.3 is 9.30 Å². The third kappa shape index (κ3) is 3.89. The molecule has 7 nitrogen and oxygen atoms in total. The third-order valence-electron chi connectivity index (χ3n) is 5.32. The molecule has 0 atom stereocenters. The molecule has 0 saturated heterocycles. The van der Waals surface area contributed by atoms with E-state index in [-0.39, 0.29) is 0 Å². The van der Waals surface area contributed by atoms with Crippen molar-refractivity contribution < 1.29 is 4.74 Å². The molecule has 0 amide bonds. The maximum atomic E-state index is 5.27. The first-order valence-corrected chi connectivity index (χ1v) is 11.3. The van der Waals surface area contributed by atoms with Crippen LogP contribution in [0.5, 0.6) is 5.88 Å². The summed E-state index contributed by atoms with van der Waals surface area (Å²) in [5, 5.41) is 0.932. The van der Waals surface area contributed by atoms with Crippen LogP contribution < -0.4 is 4.74 Å². The fourth-order valence-corrected chi connectivity index (χ4v) is 4.47. The van der Waals surface area contributed by atoms with Gasteiger partial charge in [0.05, 0.1) is 24.9 Å². The van der Waals surface area contributed by atoms with Gasteiger partial charge in [-0.05, 0) is 25.5 Å². The zero-order valence-corrected chi connectivity index (χ0v) is 18.9. The molecule has 0 unspecified atom stereocenters. The molecular formula is C24H22N6OS. The fraction of sp³-hybridized carbons (Fsp3) is 0.208. The number of ether oxygens (including phenoxy) is 1. The number of aromatic nitrogens is 6. The molecular weight excluding hydrogens is 420 g/mol. The molecule has 0 spiro atoms. The van der Waals surface area contributed by atoms with E-state index in [0.717, 1.165) is 44.4 Å². The molecule has 160 valence electrons. The van der Waals surface area contributed by atoms with Crippen LogP contribution in [0.4, 0.5) is 0 Å². The quantitative estimate of drug-likeness (QED) is 0.352. The number of hydrogen-bond acceptors (Lipinski definition) is 7. The monoisotopic (exact) mass is 442 g/mol. The Balaban J connectivity index is 1.45. The number of fused-ring (bicyclic) bond motifs is 3. The van der Waals surface area contributed by atoms with Crippen molar-refractivity contribution >= 4 is 33.8 Å². The molecule has 0 saturated carbocycles. The van der Waals surface area contributed by atoms with Crippen LogP contribution >= 0.6 is 11.8 Å². The number of pyridine rings is 2. The van der Waals surface area contributed by atoms with Crippen LogP contribution in [0.1, 0.15) is 22.9 Å². The lowest BCUT2D eigenvalue weighted by Crippen LogP contribution is -2.06. The Bertz CT molecular complexity index is 1400. The average molecular weight is 443 g/mol. The lowest BCUT2D eigenvalue weighted by Gasteiger charge is -2.09. The van der Waals surface area contributed by atoms with E-state index >= 15 is 0 Å². The Kier molecular flexibility index (Phi) is 5.45. The Morgan fingerprint density at radius 2 is 1.72 bits per heavy atom. The smallest absolute Gasteiger partial charge is 0.215 e. The Morgan fingerprint density at radius 3 is 2.47 bits per heavy atom. The van der Waals surface area contributed by atoms with Crippen molar-refractivity contribution in [3.8, 4) is 5.88 Å². The summed E-state index contributed by atoms with van der Waals surface area (Å²) >= 11 is 1.73. The number of nitrogens with zero attached hydrogens (tertiary/aromatic N) is 6. The summed E-state index contributed by atoms with van der Waals surface area (Å²) in [6, 6.07) is 14.2. The zero-order valence-electron chi connectivity index (χ0n) is 18.1. The van der Waals surface area contributed by atoms with Crippen molar-refractivity contribution in [3.05, 3.63) is 77.8 Å². The molecule has 0 aliphatic rings. The molecule has 4 aromatic heterocycles. The van der Waals surface area contributed by atoms with Crippen molar-refractivity contribution in [1.29, 1.82) is 0 Å². The van der Waals surface area contributed by atoms with Gasteiger partial charge in [0.2, 0.25) is 5.88 Å². The second-order valence-electron chi connectivity index (χ2n) is 7.47. The van der Waals surface area contributed by atoms with E-state index in [0.29, 0.717) is 18.1 Å². The fourth-order valence-electron chi connectivity index (χ4n) is 3.69. The number of imidazole rings is 1. The summed E-state index contributed by atoms with van der Waals surface area (Å²) in [6.07, 6.45) is 3.78. The Hall–Kier alpha value is -3.52. The van der Waals surface area contributed by atoms with Gasteiger partial charge in [-0.3, -0.25) is 0 Å². The van der Waals surface area contributed by atoms with E-state index < -0.39 is 0 Å². The predicted octanol–water partition coefficient (Wildman–Crippen LogP) is 4.74. The molecule has 1 aromatic carbocycles. The molecule has 0 aliphatic carbocycles. The van der Waals surface area contributed by atoms with Crippen molar-refractivity contribution in [3.63, 3.8) is 0 Å². The minimum atomic E-state index is 0.524. The van der Waals surface area contributed by atoms with E-state index in [1.165, 1.54) is 5.56 Å². The number of aryl methyl sites for hydroxylation is 2. The van der Waals surface area contributed by atoms with E-state index in [4.69, 9.17) is 9.72 Å². The predicted molar refractivity (Wildman–Crippen MR) is 126 cm³/mol. The molecule has 5 rings (SSSR count). The van der Waals surface area contributed by atoms with Gasteiger partial charge >= 0.3 is 0 Å². The van der Waals surface area contributed by atoms with Crippen molar-refractivity contribution in [2.24, 2.45) is 0 Å². The molecule has 0 radical (unpaired) electrons. The molecule has 0 fully saturated rings. The lowest BCUT2D eigenvalue weighted by atomic mass is 10.2. The van der Waals surface area contributed by atoms with E-state index in [1.54, 1.807) is 18.9 Å². The standard InChI is InChI=1S/C24H22N6OS/c1-15-22-23(19-9-10-21(31-3)29-24(19)27-15)30(16(2)28-22)13-20-25-11-18(12-26-20)32-14-17-7-5-4-6-8-17/h4-12H,13-14H2,1-3H3. The Morgan fingerprint density at radius 1 is 0.938 bits per heavy atom. The highest BCUT2D eigenvalue weighted by Gasteiger charge is 2.17. The largest absolute Gasteiger partial charge is 0.481 e. The maximum Gasteiger partial charge on any atom is 0.215 e. The minimum Gasteiger partial charge on any atom is -0.481 e. The summed E-state index contributed by atoms with van der Waals surface area (Å²) in [4.78, 5) is 24.2. The van der Waals surface area contributed by atoms with Crippen molar-refractivity contribution in [2.75, 3.05) is 7.11 Å². The molecule has 0 N–H and O–H groups in total. The molecule has 5 aromatic rings. The second kappa shape index (κ2) is 8.55. The van der Waals surface area contributed by atoms with Crippen LogP contribution in [0.2, 0.25) is 0 Å². The summed E-state index contributed by atoms with van der Waals surface area (Å²) in [7, 11) is 1.60. The molecule has 0 aliphatic heterocycles. The van der Waals surface area contributed by atoms with Gasteiger partial charge in [-0.15, -0.1) is 11.8 Å². The van der Waals surface area contributed by atoms with Crippen molar-refractivity contribution in [1.82, 2.24) is 29.5 Å². The van der Waals surface area contributed by atoms with Crippen LogP contribution in [0.25, 0.3) is 22.1 Å². The number of methoxy groups -OCH3 is 1. The van der Waals surface area contributed by atoms with E-state index in [9.17, 15) is 0 Å². The summed E-state index contributed by atoms with van der Waals surface area (Å²) in [5.41, 5.74) is 4.62. The minimum absolute atomic E-state index is 0.524. The highest BCUT2D eigenvalue weighted by atomic mass is 32.2. The van der Waals surface area contributed by atoms with Gasteiger partial charge in [-0.1, -0.05) is 30.3 Å². The topological polar surface area (TPSA) is 78.6 Å². The van der Waals surface area contributed by atoms with Crippen LogP contribution in [0, 0.1) is 13.8 Å². The normalized spacial score (nSPS) is 11.3. The zero-order chi connectivity index (χ0) is 22.1. The third-order valence-corrected chi connectivity index (χ3v) is 6.34. The average Bonchev–Trinajstić information content (AvgIpc) is 3.15. The van der Waals surface area contributed by atoms with Crippen LogP contribution in [0.3, 0.4) is 0 Å². The number of thioether (sulfide) groups is 1. The van der Waals surface area contributed by atoms with Gasteiger partial charge in [-0.25, -0.2) is 19.9 Å². The van der Waals surface area contributed by atoms with E-state index in [2.05, 4.69) is 48.8 Å². The summed E-state index contributed by atoms with van der Waals surface area (Å²) in [6.45, 7) is 4.47. The SMILES string of the molecule is COc1ccc2c(n1)nc(C)c1nc(C)n(Cc3ncc(SCc4ccccc4)cn3)c12. The van der Waals surface area contributed by atoms with Crippen molar-refractivity contribution in [2.45, 2.75) is 31.0 Å². The summed E-state index contributed by atoms with van der Waals surface area (Å²) < 4.78 is 7.40. The van der Waals surface area contributed by atoms with Crippen LogP contribution in [0.15, 0.2) is 59.8 Å².